The summed E-state index contributed by atoms with van der Waals surface area (Å²) in [6, 6.07) is 6.86. The Hall–Kier alpha value is -2.25. The Morgan fingerprint density at radius 2 is 2.11 bits per heavy atom. The van der Waals surface area contributed by atoms with Crippen LogP contribution in [-0.2, 0) is 21.1 Å². The molecule has 0 atom stereocenters. The molecule has 0 radical (unpaired) electrons. The van der Waals surface area contributed by atoms with Gasteiger partial charge in [0, 0.05) is 6.42 Å². The largest absolute Gasteiger partial charge is 0.465 e. The van der Waals surface area contributed by atoms with Crippen LogP contribution in [0, 0.1) is 12.3 Å². The molecule has 0 aliphatic heterocycles. The number of ether oxygens (including phenoxy) is 1. The van der Waals surface area contributed by atoms with Gasteiger partial charge in [0.25, 0.3) is 0 Å². The highest BCUT2D eigenvalue weighted by atomic mass is 17.2. The highest BCUT2D eigenvalue weighted by molar-refractivity contribution is 5.89. The normalized spacial score (nSPS) is 10.0. The number of hydrogen-bond acceptors (Lipinski definition) is 4. The molecule has 0 heterocycles. The van der Waals surface area contributed by atoms with Crippen LogP contribution in [-0.4, -0.2) is 13.1 Å². The first-order valence-electron chi connectivity index (χ1n) is 5.32. The van der Waals surface area contributed by atoms with Crippen molar-refractivity contribution in [3.8, 4) is 12.3 Å². The predicted molar refractivity (Wildman–Crippen MR) is 66.2 cm³/mol. The van der Waals surface area contributed by atoms with Crippen LogP contribution in [0.2, 0.25) is 0 Å². The van der Waals surface area contributed by atoms with Crippen LogP contribution in [0.4, 0.5) is 0 Å². The zero-order chi connectivity index (χ0) is 13.2. The zero-order valence-corrected chi connectivity index (χ0v) is 10.1. The summed E-state index contributed by atoms with van der Waals surface area (Å²) in [4.78, 5) is 20.9. The molecule has 4 heteroatoms. The molecular weight excluding hydrogens is 232 g/mol. The first-order valence-corrected chi connectivity index (χ1v) is 5.32. The summed E-state index contributed by atoms with van der Waals surface area (Å²) >= 11 is 0. The molecule has 0 aliphatic rings. The molecule has 1 aromatic rings. The van der Waals surface area contributed by atoms with Gasteiger partial charge in [-0.2, -0.15) is 4.89 Å². The minimum absolute atomic E-state index is 0.280. The van der Waals surface area contributed by atoms with Crippen LogP contribution in [0.5, 0.6) is 0 Å². The van der Waals surface area contributed by atoms with E-state index in [9.17, 15) is 4.79 Å². The smallest absolute Gasteiger partial charge is 0.337 e. The molecular formula is C14H14O4. The Morgan fingerprint density at radius 3 is 2.72 bits per heavy atom. The number of carbonyl (C=O) groups excluding carboxylic acids is 1. The van der Waals surface area contributed by atoms with Gasteiger partial charge in [-0.25, -0.2) is 4.79 Å². The summed E-state index contributed by atoms with van der Waals surface area (Å²) in [6.07, 6.45) is 8.60. The van der Waals surface area contributed by atoms with E-state index in [1.165, 1.54) is 13.4 Å². The van der Waals surface area contributed by atoms with Crippen LogP contribution >= 0.6 is 0 Å². The monoisotopic (exact) mass is 246 g/mol. The average molecular weight is 246 g/mol. The van der Waals surface area contributed by atoms with Crippen LogP contribution in [0.1, 0.15) is 22.3 Å². The van der Waals surface area contributed by atoms with E-state index in [-0.39, 0.29) is 12.6 Å². The van der Waals surface area contributed by atoms with Crippen molar-refractivity contribution in [2.24, 2.45) is 0 Å². The highest BCUT2D eigenvalue weighted by Crippen LogP contribution is 2.07. The van der Waals surface area contributed by atoms with Crippen molar-refractivity contribution in [3.63, 3.8) is 0 Å². The fraction of sp³-hybridized carbons (Fsp3) is 0.214. The van der Waals surface area contributed by atoms with Crippen molar-refractivity contribution in [3.05, 3.63) is 47.7 Å². The minimum Gasteiger partial charge on any atom is -0.465 e. The summed E-state index contributed by atoms with van der Waals surface area (Å²) in [5.41, 5.74) is 1.38. The minimum atomic E-state index is -0.365. The number of benzene rings is 1. The second-order valence-corrected chi connectivity index (χ2v) is 3.33. The van der Waals surface area contributed by atoms with Crippen molar-refractivity contribution in [1.29, 1.82) is 0 Å². The quantitative estimate of drug-likeness (QED) is 0.193. The molecule has 1 rings (SSSR count). The molecule has 0 bridgehead atoms. The first kappa shape index (κ1) is 13.8. The van der Waals surface area contributed by atoms with Crippen molar-refractivity contribution >= 4 is 5.97 Å². The second kappa shape index (κ2) is 7.93. The van der Waals surface area contributed by atoms with Gasteiger partial charge in [0.05, 0.1) is 12.7 Å². The third kappa shape index (κ3) is 4.73. The molecule has 1 aromatic carbocycles. The fourth-order valence-corrected chi connectivity index (χ4v) is 1.15. The standard InChI is InChI=1S/C14H14O4/c1-3-4-5-10-17-18-11-12-6-8-13(9-7-12)14(15)16-2/h1,5-10H,4,11H2,2H3. The molecule has 0 N–H and O–H groups in total. The number of carbonyl (C=O) groups is 1. The van der Waals surface area contributed by atoms with Crippen molar-refractivity contribution in [1.82, 2.24) is 0 Å². The maximum absolute atomic E-state index is 11.2. The second-order valence-electron chi connectivity index (χ2n) is 3.33. The van der Waals surface area contributed by atoms with E-state index in [0.717, 1.165) is 5.56 Å². The highest BCUT2D eigenvalue weighted by Gasteiger charge is 2.04. The third-order valence-electron chi connectivity index (χ3n) is 2.06. The van der Waals surface area contributed by atoms with Gasteiger partial charge in [0.15, 0.2) is 0 Å². The van der Waals surface area contributed by atoms with Crippen molar-refractivity contribution < 1.29 is 19.3 Å². The molecule has 94 valence electrons. The summed E-state index contributed by atoms with van der Waals surface area (Å²) < 4.78 is 4.59. The average Bonchev–Trinajstić information content (AvgIpc) is 2.42. The van der Waals surface area contributed by atoms with Crippen LogP contribution in [0.15, 0.2) is 36.6 Å². The maximum Gasteiger partial charge on any atom is 0.337 e. The van der Waals surface area contributed by atoms with E-state index in [1.807, 2.05) is 0 Å². The lowest BCUT2D eigenvalue weighted by Gasteiger charge is -2.03. The van der Waals surface area contributed by atoms with Crippen LogP contribution in [0.25, 0.3) is 0 Å². The number of rotatable bonds is 6. The Balaban J connectivity index is 2.36. The molecule has 4 nitrogen and oxygen atoms in total. The van der Waals surface area contributed by atoms with Crippen molar-refractivity contribution in [2.75, 3.05) is 7.11 Å². The van der Waals surface area contributed by atoms with Gasteiger partial charge < -0.3 is 9.62 Å². The Morgan fingerprint density at radius 1 is 1.39 bits per heavy atom. The van der Waals surface area contributed by atoms with Gasteiger partial charge in [-0.3, -0.25) is 0 Å². The molecule has 0 aromatic heterocycles. The molecule has 0 aliphatic carbocycles. The summed E-state index contributed by atoms with van der Waals surface area (Å²) in [5, 5.41) is 0. The summed E-state index contributed by atoms with van der Waals surface area (Å²) in [6.45, 7) is 0.280. The van der Waals surface area contributed by atoms with E-state index in [1.54, 1.807) is 30.3 Å². The molecule has 0 saturated heterocycles. The van der Waals surface area contributed by atoms with Crippen molar-refractivity contribution in [2.45, 2.75) is 13.0 Å². The lowest BCUT2D eigenvalue weighted by molar-refractivity contribution is -0.259. The van der Waals surface area contributed by atoms with Gasteiger partial charge >= 0.3 is 5.97 Å². The van der Waals surface area contributed by atoms with Gasteiger partial charge in [-0.05, 0) is 23.8 Å². The predicted octanol–water partition coefficient (Wildman–Crippen LogP) is 2.46. The van der Waals surface area contributed by atoms with E-state index in [0.29, 0.717) is 12.0 Å². The number of terminal acetylenes is 1. The van der Waals surface area contributed by atoms with E-state index in [4.69, 9.17) is 16.2 Å². The Bertz CT molecular complexity index is 440. The molecule has 18 heavy (non-hydrogen) atoms. The third-order valence-corrected chi connectivity index (χ3v) is 2.06. The van der Waals surface area contributed by atoms with Gasteiger partial charge in [-0.1, -0.05) is 12.1 Å². The van der Waals surface area contributed by atoms with Gasteiger partial charge in [0.2, 0.25) is 0 Å². The number of allylic oxidation sites excluding steroid dienone is 1. The summed E-state index contributed by atoms with van der Waals surface area (Å²) in [5.74, 6) is 2.07. The van der Waals surface area contributed by atoms with E-state index >= 15 is 0 Å². The van der Waals surface area contributed by atoms with E-state index in [2.05, 4.69) is 10.7 Å². The molecule has 0 amide bonds. The zero-order valence-electron chi connectivity index (χ0n) is 10.1. The topological polar surface area (TPSA) is 44.8 Å². The molecule has 0 saturated carbocycles. The SMILES string of the molecule is C#CCC=COOCc1ccc(C(=O)OC)cc1. The number of methoxy groups -OCH3 is 1. The van der Waals surface area contributed by atoms with Gasteiger partial charge in [0.1, 0.15) is 12.9 Å². The number of esters is 1. The van der Waals surface area contributed by atoms with Gasteiger partial charge in [-0.15, -0.1) is 12.3 Å². The molecule has 0 fully saturated rings. The maximum atomic E-state index is 11.2. The fourth-order valence-electron chi connectivity index (χ4n) is 1.15. The van der Waals surface area contributed by atoms with Crippen LogP contribution in [0.3, 0.4) is 0 Å². The Labute approximate surface area is 106 Å². The molecule has 0 spiro atoms. The lowest BCUT2D eigenvalue weighted by atomic mass is 10.1. The first-order chi connectivity index (χ1) is 8.77. The summed E-state index contributed by atoms with van der Waals surface area (Å²) in [7, 11) is 1.34. The Kier molecular flexibility index (Phi) is 6.09. The number of hydrogen-bond donors (Lipinski definition) is 0. The molecule has 0 unspecified atom stereocenters. The lowest BCUT2D eigenvalue weighted by Crippen LogP contribution is -2.01. The van der Waals surface area contributed by atoms with E-state index < -0.39 is 0 Å². The van der Waals surface area contributed by atoms with Crippen LogP contribution < -0.4 is 0 Å².